The lowest BCUT2D eigenvalue weighted by Crippen LogP contribution is -2.41. The summed E-state index contributed by atoms with van der Waals surface area (Å²) in [7, 11) is 0. The molecule has 0 saturated carbocycles. The number of carbonyl (C=O) groups excluding carboxylic acids is 1. The zero-order chi connectivity index (χ0) is 15.4. The molecule has 2 aromatic rings. The lowest BCUT2D eigenvalue weighted by Gasteiger charge is -2.31. The topological polar surface area (TPSA) is 58.1 Å². The highest BCUT2D eigenvalue weighted by Crippen LogP contribution is 2.21. The first-order chi connectivity index (χ1) is 10.7. The van der Waals surface area contributed by atoms with Gasteiger partial charge in [0.15, 0.2) is 0 Å². The fraction of sp³-hybridized carbons (Fsp3) is 0.312. The summed E-state index contributed by atoms with van der Waals surface area (Å²) in [5, 5.41) is 2.78. The van der Waals surface area contributed by atoms with Crippen LogP contribution in [0.25, 0.3) is 0 Å². The van der Waals surface area contributed by atoms with Crippen LogP contribution < -0.4 is 10.2 Å². The second-order valence-corrected chi connectivity index (χ2v) is 5.33. The van der Waals surface area contributed by atoms with Gasteiger partial charge < -0.3 is 10.2 Å². The molecule has 3 rings (SSSR count). The Morgan fingerprint density at radius 2 is 2.09 bits per heavy atom. The monoisotopic (exact) mass is 300 g/mol. The first-order valence-electron chi connectivity index (χ1n) is 7.31. The molecule has 114 valence electrons. The number of nitrogens with zero attached hydrogens (tertiary/aromatic N) is 3. The van der Waals surface area contributed by atoms with Gasteiger partial charge >= 0.3 is 0 Å². The summed E-state index contributed by atoms with van der Waals surface area (Å²) in [5.74, 6) is 0.0403. The van der Waals surface area contributed by atoms with Crippen molar-refractivity contribution in [1.29, 1.82) is 0 Å². The third kappa shape index (κ3) is 3.39. The van der Waals surface area contributed by atoms with Crippen LogP contribution in [0.5, 0.6) is 0 Å². The molecule has 1 fully saturated rings. The summed E-state index contributed by atoms with van der Waals surface area (Å²) in [6.45, 7) is 1.42. The summed E-state index contributed by atoms with van der Waals surface area (Å²) >= 11 is 0. The Morgan fingerprint density at radius 1 is 1.27 bits per heavy atom. The van der Waals surface area contributed by atoms with Crippen molar-refractivity contribution in [1.82, 2.24) is 9.97 Å². The number of anilines is 2. The molecule has 1 saturated heterocycles. The Balaban J connectivity index is 1.65. The molecule has 1 aliphatic rings. The van der Waals surface area contributed by atoms with Crippen molar-refractivity contribution in [3.63, 3.8) is 0 Å². The number of benzene rings is 1. The number of aromatic nitrogens is 2. The average molecular weight is 300 g/mol. The summed E-state index contributed by atoms with van der Waals surface area (Å²) in [4.78, 5) is 22.8. The Labute approximate surface area is 128 Å². The molecule has 1 aromatic carbocycles. The van der Waals surface area contributed by atoms with Gasteiger partial charge in [0, 0.05) is 31.2 Å². The zero-order valence-corrected chi connectivity index (χ0v) is 12.1. The van der Waals surface area contributed by atoms with Crippen LogP contribution in [0.2, 0.25) is 0 Å². The third-order valence-electron chi connectivity index (χ3n) is 3.72. The van der Waals surface area contributed by atoms with Crippen molar-refractivity contribution < 1.29 is 9.18 Å². The van der Waals surface area contributed by atoms with Crippen molar-refractivity contribution in [2.75, 3.05) is 23.3 Å². The van der Waals surface area contributed by atoms with Crippen molar-refractivity contribution >= 4 is 17.5 Å². The maximum atomic E-state index is 13.2. The second kappa shape index (κ2) is 6.51. The van der Waals surface area contributed by atoms with Gasteiger partial charge in [-0.05, 0) is 37.1 Å². The van der Waals surface area contributed by atoms with Crippen LogP contribution in [-0.4, -0.2) is 29.0 Å². The highest BCUT2D eigenvalue weighted by atomic mass is 19.1. The van der Waals surface area contributed by atoms with Crippen molar-refractivity contribution in [3.8, 4) is 0 Å². The molecule has 22 heavy (non-hydrogen) atoms. The molecule has 1 atom stereocenters. The van der Waals surface area contributed by atoms with Crippen LogP contribution in [0, 0.1) is 11.7 Å². The highest BCUT2D eigenvalue weighted by Gasteiger charge is 2.27. The maximum Gasteiger partial charge on any atom is 0.229 e. The summed E-state index contributed by atoms with van der Waals surface area (Å²) < 4.78 is 13.2. The Kier molecular flexibility index (Phi) is 4.27. The minimum absolute atomic E-state index is 0.0915. The van der Waals surface area contributed by atoms with Gasteiger partial charge in [0.2, 0.25) is 11.9 Å². The lowest BCUT2D eigenvalue weighted by molar-refractivity contribution is -0.120. The lowest BCUT2D eigenvalue weighted by atomic mass is 9.97. The molecule has 0 radical (unpaired) electrons. The van der Waals surface area contributed by atoms with Crippen LogP contribution in [-0.2, 0) is 4.79 Å². The van der Waals surface area contributed by atoms with Crippen LogP contribution in [0.3, 0.4) is 0 Å². The van der Waals surface area contributed by atoms with Gasteiger partial charge in [-0.3, -0.25) is 4.79 Å². The van der Waals surface area contributed by atoms with E-state index in [1.807, 2.05) is 4.90 Å². The molecule has 0 unspecified atom stereocenters. The molecule has 6 heteroatoms. The Morgan fingerprint density at radius 3 is 2.86 bits per heavy atom. The standard InChI is InChI=1S/C16H17FN4O/c17-13-5-1-6-14(10-13)20-15(22)12-4-2-9-21(11-12)16-18-7-3-8-19-16/h1,3,5-8,10,12H,2,4,9,11H2,(H,20,22)/t12-/m0/s1. The zero-order valence-electron chi connectivity index (χ0n) is 12.1. The van der Waals surface area contributed by atoms with Gasteiger partial charge in [-0.25, -0.2) is 14.4 Å². The molecule has 0 bridgehead atoms. The second-order valence-electron chi connectivity index (χ2n) is 5.33. The number of hydrogen-bond donors (Lipinski definition) is 1. The molecule has 1 aromatic heterocycles. The number of nitrogens with one attached hydrogen (secondary N) is 1. The van der Waals surface area contributed by atoms with E-state index in [-0.39, 0.29) is 17.6 Å². The molecule has 1 N–H and O–H groups in total. The van der Waals surface area contributed by atoms with E-state index >= 15 is 0 Å². The molecule has 1 amide bonds. The van der Waals surface area contributed by atoms with Gasteiger partial charge in [0.05, 0.1) is 5.92 Å². The summed E-state index contributed by atoms with van der Waals surface area (Å²) in [5.41, 5.74) is 0.484. The van der Waals surface area contributed by atoms with Gasteiger partial charge in [0.1, 0.15) is 5.82 Å². The molecule has 0 spiro atoms. The summed E-state index contributed by atoms with van der Waals surface area (Å²) in [6.07, 6.45) is 5.10. The van der Waals surface area contributed by atoms with Crippen molar-refractivity contribution in [2.45, 2.75) is 12.8 Å². The predicted molar refractivity (Wildman–Crippen MR) is 82.0 cm³/mol. The van der Waals surface area contributed by atoms with Crippen molar-refractivity contribution in [3.05, 3.63) is 48.5 Å². The van der Waals surface area contributed by atoms with Gasteiger partial charge in [-0.15, -0.1) is 0 Å². The third-order valence-corrected chi connectivity index (χ3v) is 3.72. The summed E-state index contributed by atoms with van der Waals surface area (Å²) in [6, 6.07) is 7.70. The normalized spacial score (nSPS) is 18.0. The van der Waals surface area contributed by atoms with Crippen LogP contribution in [0.15, 0.2) is 42.7 Å². The van der Waals surface area contributed by atoms with Crippen LogP contribution in [0.4, 0.5) is 16.0 Å². The van der Waals surface area contributed by atoms with E-state index in [4.69, 9.17) is 0 Å². The largest absolute Gasteiger partial charge is 0.340 e. The van der Waals surface area contributed by atoms with Gasteiger partial charge in [0.25, 0.3) is 0 Å². The van der Waals surface area contributed by atoms with Crippen LogP contribution >= 0.6 is 0 Å². The van der Waals surface area contributed by atoms with Gasteiger partial charge in [-0.2, -0.15) is 0 Å². The smallest absolute Gasteiger partial charge is 0.229 e. The maximum absolute atomic E-state index is 13.2. The first kappa shape index (κ1) is 14.4. The molecule has 1 aliphatic heterocycles. The number of halogens is 1. The minimum Gasteiger partial charge on any atom is -0.340 e. The first-order valence-corrected chi connectivity index (χ1v) is 7.31. The van der Waals surface area contributed by atoms with E-state index in [0.717, 1.165) is 19.4 Å². The minimum atomic E-state index is -0.360. The number of piperidine rings is 1. The molecule has 2 heterocycles. The fourth-order valence-corrected chi connectivity index (χ4v) is 2.64. The van der Waals surface area contributed by atoms with E-state index < -0.39 is 0 Å². The number of hydrogen-bond acceptors (Lipinski definition) is 4. The highest BCUT2D eigenvalue weighted by molar-refractivity contribution is 5.93. The Bertz CT molecular complexity index is 650. The number of carbonyl (C=O) groups is 1. The molecular weight excluding hydrogens is 283 g/mol. The van der Waals surface area contributed by atoms with Crippen LogP contribution in [0.1, 0.15) is 12.8 Å². The van der Waals surface area contributed by atoms with E-state index in [9.17, 15) is 9.18 Å². The number of rotatable bonds is 3. The Hall–Kier alpha value is -2.50. The van der Waals surface area contributed by atoms with E-state index in [1.54, 1.807) is 30.6 Å². The van der Waals surface area contributed by atoms with E-state index in [0.29, 0.717) is 18.2 Å². The average Bonchev–Trinajstić information content (AvgIpc) is 2.56. The molecule has 0 aliphatic carbocycles. The van der Waals surface area contributed by atoms with Gasteiger partial charge in [-0.1, -0.05) is 6.07 Å². The molecule has 5 nitrogen and oxygen atoms in total. The SMILES string of the molecule is O=C(Nc1cccc(F)c1)[C@H]1CCCN(c2ncccn2)C1. The molecular formula is C16H17FN4O. The fourth-order valence-electron chi connectivity index (χ4n) is 2.64. The predicted octanol–water partition coefficient (Wildman–Crippen LogP) is 2.47. The quantitative estimate of drug-likeness (QED) is 0.946. The number of amides is 1. The van der Waals surface area contributed by atoms with Crippen molar-refractivity contribution in [2.24, 2.45) is 5.92 Å². The van der Waals surface area contributed by atoms with E-state index in [1.165, 1.54) is 12.1 Å². The van der Waals surface area contributed by atoms with E-state index in [2.05, 4.69) is 15.3 Å².